The Morgan fingerprint density at radius 1 is 1.30 bits per heavy atom. The van der Waals surface area contributed by atoms with Gasteiger partial charge >= 0.3 is 0 Å². The highest BCUT2D eigenvalue weighted by Gasteiger charge is 2.24. The second kappa shape index (κ2) is 6.96. The number of halogens is 1. The summed E-state index contributed by atoms with van der Waals surface area (Å²) in [7, 11) is 0. The minimum Gasteiger partial charge on any atom is -0.348 e. The van der Waals surface area contributed by atoms with E-state index < -0.39 is 0 Å². The maximum absolute atomic E-state index is 12.5. The smallest absolute Gasteiger partial charge is 0.251 e. The number of amides is 1. The van der Waals surface area contributed by atoms with Crippen molar-refractivity contribution in [3.05, 3.63) is 52.8 Å². The van der Waals surface area contributed by atoms with Crippen molar-refractivity contribution in [2.45, 2.75) is 25.8 Å². The predicted octanol–water partition coefficient (Wildman–Crippen LogP) is 2.84. The zero-order valence-electron chi connectivity index (χ0n) is 13.0. The zero-order chi connectivity index (χ0) is 16.2. The van der Waals surface area contributed by atoms with E-state index in [4.69, 9.17) is 11.6 Å². The lowest BCUT2D eigenvalue weighted by atomic mass is 10.0. The molecule has 1 aliphatic rings. The lowest BCUT2D eigenvalue weighted by Gasteiger charge is -2.33. The Morgan fingerprint density at radius 3 is 2.87 bits per heavy atom. The summed E-state index contributed by atoms with van der Waals surface area (Å²) in [6.07, 6.45) is 5.42. The highest BCUT2D eigenvalue weighted by molar-refractivity contribution is 6.31. The number of nitrogens with zero attached hydrogens (tertiary/aromatic N) is 3. The number of benzene rings is 1. The number of hydrogen-bond donors (Lipinski definition) is 1. The van der Waals surface area contributed by atoms with Gasteiger partial charge in [-0.1, -0.05) is 17.7 Å². The molecule has 1 N–H and O–H groups in total. The number of hydrogen-bond acceptors (Lipinski definition) is 4. The number of aromatic nitrogens is 2. The number of piperidine rings is 1. The lowest BCUT2D eigenvalue weighted by molar-refractivity contribution is 0.0932. The average molecular weight is 331 g/mol. The zero-order valence-corrected chi connectivity index (χ0v) is 13.8. The molecule has 0 bridgehead atoms. The highest BCUT2D eigenvalue weighted by atomic mass is 35.5. The molecule has 23 heavy (non-hydrogen) atoms. The van der Waals surface area contributed by atoms with Crippen LogP contribution in [0.5, 0.6) is 0 Å². The predicted molar refractivity (Wildman–Crippen MR) is 90.9 cm³/mol. The van der Waals surface area contributed by atoms with Crippen molar-refractivity contribution in [3.63, 3.8) is 0 Å². The van der Waals surface area contributed by atoms with Crippen LogP contribution in [0.15, 0.2) is 36.7 Å². The second-order valence-electron chi connectivity index (χ2n) is 5.72. The van der Waals surface area contributed by atoms with Crippen LogP contribution in [-0.4, -0.2) is 35.0 Å². The molecule has 0 aliphatic carbocycles. The molecule has 1 atom stereocenters. The van der Waals surface area contributed by atoms with Crippen molar-refractivity contribution in [1.29, 1.82) is 0 Å². The van der Waals surface area contributed by atoms with Crippen molar-refractivity contribution in [2.75, 3.05) is 18.0 Å². The first-order chi connectivity index (χ1) is 11.1. The van der Waals surface area contributed by atoms with E-state index in [1.807, 2.05) is 6.92 Å². The first-order valence-electron chi connectivity index (χ1n) is 7.73. The number of carbonyl (C=O) groups excluding carboxylic acids is 1. The van der Waals surface area contributed by atoms with Gasteiger partial charge in [0.25, 0.3) is 5.91 Å². The third kappa shape index (κ3) is 3.62. The molecule has 1 aromatic carbocycles. The molecule has 0 spiro atoms. The highest BCUT2D eigenvalue weighted by Crippen LogP contribution is 2.20. The van der Waals surface area contributed by atoms with Crippen molar-refractivity contribution >= 4 is 23.5 Å². The van der Waals surface area contributed by atoms with E-state index in [0.29, 0.717) is 16.5 Å². The van der Waals surface area contributed by atoms with Crippen LogP contribution in [0.1, 0.15) is 28.8 Å². The van der Waals surface area contributed by atoms with E-state index in [-0.39, 0.29) is 11.9 Å². The Hall–Kier alpha value is -2.14. The fraction of sp³-hybridized carbons (Fsp3) is 0.353. The summed E-state index contributed by atoms with van der Waals surface area (Å²) >= 11 is 6.10. The molecule has 5 nitrogen and oxygen atoms in total. The van der Waals surface area contributed by atoms with Crippen LogP contribution >= 0.6 is 11.6 Å². The third-order valence-electron chi connectivity index (χ3n) is 4.10. The quantitative estimate of drug-likeness (QED) is 0.940. The van der Waals surface area contributed by atoms with Gasteiger partial charge in [0, 0.05) is 42.1 Å². The topological polar surface area (TPSA) is 58.1 Å². The summed E-state index contributed by atoms with van der Waals surface area (Å²) in [6.45, 7) is 3.49. The fourth-order valence-corrected chi connectivity index (χ4v) is 3.02. The SMILES string of the molecule is Cc1c(Cl)cccc1C(=O)N[C@H]1CCCN(c2ncccn2)C1. The molecule has 1 aromatic heterocycles. The molecule has 2 heterocycles. The van der Waals surface area contributed by atoms with E-state index in [2.05, 4.69) is 20.2 Å². The largest absolute Gasteiger partial charge is 0.348 e. The molecule has 6 heteroatoms. The molecule has 1 saturated heterocycles. The lowest BCUT2D eigenvalue weighted by Crippen LogP contribution is -2.48. The van der Waals surface area contributed by atoms with Gasteiger partial charge in [0.2, 0.25) is 5.95 Å². The Bertz CT molecular complexity index is 692. The Labute approximate surface area is 140 Å². The van der Waals surface area contributed by atoms with Gasteiger partial charge in [-0.15, -0.1) is 0 Å². The molecular formula is C17H19ClN4O. The molecule has 0 radical (unpaired) electrons. The monoisotopic (exact) mass is 330 g/mol. The number of rotatable bonds is 3. The standard InChI is InChI=1S/C17H19ClN4O/c1-12-14(6-2-7-15(12)18)16(23)21-13-5-3-10-22(11-13)17-19-8-4-9-20-17/h2,4,6-9,13H,3,5,10-11H2,1H3,(H,21,23)/t13-/m0/s1. The van der Waals surface area contributed by atoms with Crippen LogP contribution in [0.25, 0.3) is 0 Å². The molecule has 1 fully saturated rings. The maximum atomic E-state index is 12.5. The van der Waals surface area contributed by atoms with Crippen LogP contribution in [0.4, 0.5) is 5.95 Å². The minimum absolute atomic E-state index is 0.0779. The average Bonchev–Trinajstić information content (AvgIpc) is 2.58. The number of carbonyl (C=O) groups is 1. The van der Waals surface area contributed by atoms with Crippen molar-refractivity contribution in [2.24, 2.45) is 0 Å². The number of nitrogens with one attached hydrogen (secondary N) is 1. The Kier molecular flexibility index (Phi) is 4.76. The summed E-state index contributed by atoms with van der Waals surface area (Å²) in [6, 6.07) is 7.28. The van der Waals surface area contributed by atoms with Gasteiger partial charge in [0.15, 0.2) is 0 Å². The van der Waals surface area contributed by atoms with Crippen LogP contribution in [0, 0.1) is 6.92 Å². The van der Waals surface area contributed by atoms with Crippen LogP contribution in [0.2, 0.25) is 5.02 Å². The summed E-state index contributed by atoms with van der Waals surface area (Å²) < 4.78 is 0. The van der Waals surface area contributed by atoms with E-state index >= 15 is 0 Å². The molecule has 1 amide bonds. The van der Waals surface area contributed by atoms with Gasteiger partial charge in [0.05, 0.1) is 0 Å². The van der Waals surface area contributed by atoms with Gasteiger partial charge in [-0.25, -0.2) is 9.97 Å². The van der Waals surface area contributed by atoms with E-state index in [9.17, 15) is 4.79 Å². The molecule has 2 aromatic rings. The minimum atomic E-state index is -0.0779. The molecule has 120 valence electrons. The first kappa shape index (κ1) is 15.7. The van der Waals surface area contributed by atoms with Crippen LogP contribution < -0.4 is 10.2 Å². The van der Waals surface area contributed by atoms with Gasteiger partial charge < -0.3 is 10.2 Å². The summed E-state index contributed by atoms with van der Waals surface area (Å²) in [5.74, 6) is 0.635. The van der Waals surface area contributed by atoms with Gasteiger partial charge in [0.1, 0.15) is 0 Å². The van der Waals surface area contributed by atoms with E-state index in [1.54, 1.807) is 36.7 Å². The van der Waals surface area contributed by atoms with Crippen molar-refractivity contribution < 1.29 is 4.79 Å². The van der Waals surface area contributed by atoms with Gasteiger partial charge in [-0.05, 0) is 43.5 Å². The van der Waals surface area contributed by atoms with Gasteiger partial charge in [-0.3, -0.25) is 4.79 Å². The summed E-state index contributed by atoms with van der Waals surface area (Å²) in [4.78, 5) is 23.2. The molecule has 0 unspecified atom stereocenters. The normalized spacial score (nSPS) is 17.8. The van der Waals surface area contributed by atoms with Crippen LogP contribution in [0.3, 0.4) is 0 Å². The second-order valence-corrected chi connectivity index (χ2v) is 6.13. The van der Waals surface area contributed by atoms with Crippen molar-refractivity contribution in [3.8, 4) is 0 Å². The molecule has 3 rings (SSSR count). The Morgan fingerprint density at radius 2 is 2.09 bits per heavy atom. The molecular weight excluding hydrogens is 312 g/mol. The number of anilines is 1. The van der Waals surface area contributed by atoms with E-state index in [1.165, 1.54) is 0 Å². The van der Waals surface area contributed by atoms with Crippen LogP contribution in [-0.2, 0) is 0 Å². The Balaban J connectivity index is 1.68. The summed E-state index contributed by atoms with van der Waals surface area (Å²) in [5.41, 5.74) is 1.44. The summed E-state index contributed by atoms with van der Waals surface area (Å²) in [5, 5.41) is 3.72. The molecule has 0 saturated carbocycles. The van der Waals surface area contributed by atoms with E-state index in [0.717, 1.165) is 31.5 Å². The molecule has 1 aliphatic heterocycles. The van der Waals surface area contributed by atoms with Gasteiger partial charge in [-0.2, -0.15) is 0 Å². The maximum Gasteiger partial charge on any atom is 0.251 e. The first-order valence-corrected chi connectivity index (χ1v) is 8.11. The third-order valence-corrected chi connectivity index (χ3v) is 4.51. The fourth-order valence-electron chi connectivity index (χ4n) is 2.85. The van der Waals surface area contributed by atoms with Crippen molar-refractivity contribution in [1.82, 2.24) is 15.3 Å².